The van der Waals surface area contributed by atoms with Crippen molar-refractivity contribution in [2.24, 2.45) is 0 Å². The van der Waals surface area contributed by atoms with Crippen LogP contribution < -0.4 is 5.32 Å². The van der Waals surface area contributed by atoms with Gasteiger partial charge in [0, 0.05) is 18.4 Å². The largest absolute Gasteiger partial charge is 0.466 e. The molecule has 2 heterocycles. The normalized spacial score (nSPS) is 18.8. The zero-order valence-corrected chi connectivity index (χ0v) is 16.7. The third-order valence-corrected chi connectivity index (χ3v) is 5.56. The maximum absolute atomic E-state index is 12.5. The van der Waals surface area contributed by atoms with Gasteiger partial charge in [-0.1, -0.05) is 6.07 Å². The van der Waals surface area contributed by atoms with Crippen LogP contribution in [0, 0.1) is 13.8 Å². The van der Waals surface area contributed by atoms with E-state index in [2.05, 4.69) is 5.32 Å². The molecule has 0 saturated carbocycles. The summed E-state index contributed by atoms with van der Waals surface area (Å²) in [5.41, 5.74) is 2.70. The van der Waals surface area contributed by atoms with Crippen LogP contribution in [-0.4, -0.2) is 41.1 Å². The maximum Gasteiger partial charge on any atom is 0.330 e. The SMILES string of the molecule is CC(=O)N1[C@H](C(=O)OCC(=O)Nc2cc(C)cc(C)c2)CS[C@H]1c1ccco1. The summed E-state index contributed by atoms with van der Waals surface area (Å²) in [4.78, 5) is 38.2. The summed E-state index contributed by atoms with van der Waals surface area (Å²) >= 11 is 1.42. The van der Waals surface area contributed by atoms with Crippen LogP contribution in [0.15, 0.2) is 41.0 Å². The molecule has 0 bridgehead atoms. The third kappa shape index (κ3) is 4.56. The van der Waals surface area contributed by atoms with E-state index in [0.717, 1.165) is 11.1 Å². The van der Waals surface area contributed by atoms with Gasteiger partial charge in [-0.2, -0.15) is 0 Å². The predicted octanol–water partition coefficient (Wildman–Crippen LogP) is 3.04. The van der Waals surface area contributed by atoms with E-state index in [-0.39, 0.29) is 11.3 Å². The molecule has 8 heteroatoms. The van der Waals surface area contributed by atoms with Gasteiger partial charge < -0.3 is 19.4 Å². The molecule has 1 saturated heterocycles. The van der Waals surface area contributed by atoms with Crippen molar-refractivity contribution in [1.29, 1.82) is 0 Å². The van der Waals surface area contributed by atoms with Crippen molar-refractivity contribution < 1.29 is 23.5 Å². The molecule has 1 fully saturated rings. The summed E-state index contributed by atoms with van der Waals surface area (Å²) in [6, 6.07) is 8.42. The Morgan fingerprint density at radius 2 is 1.96 bits per heavy atom. The van der Waals surface area contributed by atoms with Gasteiger partial charge in [0.05, 0.1) is 6.26 Å². The Balaban J connectivity index is 1.59. The highest BCUT2D eigenvalue weighted by Gasteiger charge is 2.43. The molecule has 28 heavy (non-hydrogen) atoms. The van der Waals surface area contributed by atoms with Crippen LogP contribution >= 0.6 is 11.8 Å². The molecule has 1 aliphatic rings. The molecule has 0 radical (unpaired) electrons. The lowest BCUT2D eigenvalue weighted by molar-refractivity contribution is -0.155. The second kappa shape index (κ2) is 8.52. The number of hydrogen-bond acceptors (Lipinski definition) is 6. The van der Waals surface area contributed by atoms with Gasteiger partial charge in [-0.05, 0) is 49.2 Å². The summed E-state index contributed by atoms with van der Waals surface area (Å²) in [7, 11) is 0. The Morgan fingerprint density at radius 1 is 1.25 bits per heavy atom. The molecule has 0 unspecified atom stereocenters. The fourth-order valence-corrected chi connectivity index (χ4v) is 4.62. The Hall–Kier alpha value is -2.74. The number of thioether (sulfide) groups is 1. The topological polar surface area (TPSA) is 88.8 Å². The molecular formula is C20H22N2O5S. The van der Waals surface area contributed by atoms with Gasteiger partial charge in [-0.3, -0.25) is 9.59 Å². The first-order chi connectivity index (χ1) is 13.3. The first kappa shape index (κ1) is 20.0. The number of carbonyl (C=O) groups excluding carboxylic acids is 3. The van der Waals surface area contributed by atoms with E-state index in [0.29, 0.717) is 17.2 Å². The van der Waals surface area contributed by atoms with Crippen molar-refractivity contribution >= 4 is 35.2 Å². The maximum atomic E-state index is 12.5. The summed E-state index contributed by atoms with van der Waals surface area (Å²) in [6.45, 7) is 4.86. The molecule has 3 rings (SSSR count). The Labute approximate surface area is 167 Å². The van der Waals surface area contributed by atoms with Gasteiger partial charge in [0.1, 0.15) is 17.2 Å². The highest BCUT2D eigenvalue weighted by Crippen LogP contribution is 2.41. The van der Waals surface area contributed by atoms with E-state index in [9.17, 15) is 14.4 Å². The number of benzene rings is 1. The Morgan fingerprint density at radius 3 is 2.57 bits per heavy atom. The smallest absolute Gasteiger partial charge is 0.330 e. The van der Waals surface area contributed by atoms with E-state index >= 15 is 0 Å². The number of carbonyl (C=O) groups is 3. The van der Waals surface area contributed by atoms with Crippen LogP contribution in [0.4, 0.5) is 5.69 Å². The minimum atomic E-state index is -0.758. The summed E-state index contributed by atoms with van der Waals surface area (Å²) < 4.78 is 10.6. The van der Waals surface area contributed by atoms with Gasteiger partial charge in [0.15, 0.2) is 6.61 Å². The fraction of sp³-hybridized carbons (Fsp3) is 0.350. The molecular weight excluding hydrogens is 380 g/mol. The van der Waals surface area contributed by atoms with Crippen molar-refractivity contribution in [2.75, 3.05) is 17.7 Å². The minimum absolute atomic E-state index is 0.256. The van der Waals surface area contributed by atoms with Crippen molar-refractivity contribution in [1.82, 2.24) is 4.90 Å². The van der Waals surface area contributed by atoms with Gasteiger partial charge in [-0.25, -0.2) is 4.79 Å². The minimum Gasteiger partial charge on any atom is -0.466 e. The van der Waals surface area contributed by atoms with Crippen molar-refractivity contribution in [3.8, 4) is 0 Å². The number of esters is 1. The van der Waals surface area contributed by atoms with Gasteiger partial charge in [-0.15, -0.1) is 11.8 Å². The molecule has 1 aromatic heterocycles. The summed E-state index contributed by atoms with van der Waals surface area (Å²) in [5.74, 6) is -0.313. The molecule has 1 N–H and O–H groups in total. The third-order valence-electron chi connectivity index (χ3n) is 4.27. The number of nitrogens with one attached hydrogen (secondary N) is 1. The van der Waals surface area contributed by atoms with E-state index in [4.69, 9.17) is 9.15 Å². The molecule has 7 nitrogen and oxygen atoms in total. The van der Waals surface area contributed by atoms with E-state index < -0.39 is 24.5 Å². The van der Waals surface area contributed by atoms with Crippen LogP contribution in [0.5, 0.6) is 0 Å². The Bertz CT molecular complexity index is 860. The monoisotopic (exact) mass is 402 g/mol. The Kier molecular flexibility index (Phi) is 6.08. The molecule has 2 amide bonds. The van der Waals surface area contributed by atoms with Crippen LogP contribution in [-0.2, 0) is 19.1 Å². The molecule has 0 spiro atoms. The lowest BCUT2D eigenvalue weighted by atomic mass is 10.1. The number of nitrogens with zero attached hydrogens (tertiary/aromatic N) is 1. The number of ether oxygens (including phenoxy) is 1. The summed E-state index contributed by atoms with van der Waals surface area (Å²) in [6.07, 6.45) is 1.53. The highest BCUT2D eigenvalue weighted by atomic mass is 32.2. The molecule has 1 aliphatic heterocycles. The number of rotatable bonds is 5. The van der Waals surface area contributed by atoms with E-state index in [1.807, 2.05) is 32.0 Å². The number of furan rings is 1. The highest BCUT2D eigenvalue weighted by molar-refractivity contribution is 7.99. The van der Waals surface area contributed by atoms with Crippen LogP contribution in [0.3, 0.4) is 0 Å². The zero-order chi connectivity index (χ0) is 20.3. The van der Waals surface area contributed by atoms with Gasteiger partial charge in [0.2, 0.25) is 5.91 Å². The predicted molar refractivity (Wildman–Crippen MR) is 106 cm³/mol. The lowest BCUT2D eigenvalue weighted by Crippen LogP contribution is -2.43. The second-order valence-electron chi connectivity index (χ2n) is 6.68. The van der Waals surface area contributed by atoms with E-state index in [1.54, 1.807) is 12.1 Å². The molecule has 148 valence electrons. The van der Waals surface area contributed by atoms with Crippen molar-refractivity contribution in [2.45, 2.75) is 32.2 Å². The number of hydrogen-bond donors (Lipinski definition) is 1. The first-order valence-electron chi connectivity index (χ1n) is 8.84. The molecule has 2 aromatic rings. The molecule has 0 aliphatic carbocycles. The number of amides is 2. The van der Waals surface area contributed by atoms with Gasteiger partial charge in [0.25, 0.3) is 5.91 Å². The standard InChI is InChI=1S/C20H22N2O5S/c1-12-7-13(2)9-15(8-12)21-18(24)10-27-20(25)16-11-28-19(22(16)14(3)23)17-5-4-6-26-17/h4-9,16,19H,10-11H2,1-3H3,(H,21,24)/t16-,19-/m0/s1. The van der Waals surface area contributed by atoms with Crippen LogP contribution in [0.2, 0.25) is 0 Å². The van der Waals surface area contributed by atoms with Gasteiger partial charge >= 0.3 is 5.97 Å². The number of aryl methyl sites for hydroxylation is 2. The average Bonchev–Trinajstić information content (AvgIpc) is 3.27. The van der Waals surface area contributed by atoms with Crippen LogP contribution in [0.25, 0.3) is 0 Å². The van der Waals surface area contributed by atoms with E-state index in [1.165, 1.54) is 29.8 Å². The zero-order valence-electron chi connectivity index (χ0n) is 15.9. The number of anilines is 1. The average molecular weight is 402 g/mol. The second-order valence-corrected chi connectivity index (χ2v) is 7.79. The first-order valence-corrected chi connectivity index (χ1v) is 9.88. The molecule has 2 atom stereocenters. The van der Waals surface area contributed by atoms with Crippen molar-refractivity contribution in [3.63, 3.8) is 0 Å². The fourth-order valence-electron chi connectivity index (χ4n) is 3.20. The lowest BCUT2D eigenvalue weighted by Gasteiger charge is -2.25. The van der Waals surface area contributed by atoms with Crippen LogP contribution in [0.1, 0.15) is 29.2 Å². The quantitative estimate of drug-likeness (QED) is 0.774. The molecule has 1 aromatic carbocycles. The summed E-state index contributed by atoms with van der Waals surface area (Å²) in [5, 5.41) is 2.34. The van der Waals surface area contributed by atoms with Crippen molar-refractivity contribution in [3.05, 3.63) is 53.5 Å².